The minimum absolute atomic E-state index is 0.0637. The topological polar surface area (TPSA) is 29.5 Å². The van der Waals surface area contributed by atoms with Gasteiger partial charge in [-0.2, -0.15) is 0 Å². The fourth-order valence-corrected chi connectivity index (χ4v) is 1.30. The summed E-state index contributed by atoms with van der Waals surface area (Å²) in [5.74, 6) is 0.109. The van der Waals surface area contributed by atoms with E-state index < -0.39 is 0 Å². The van der Waals surface area contributed by atoms with E-state index >= 15 is 0 Å². The molecule has 1 atom stereocenters. The molecule has 1 aliphatic rings. The molecule has 1 amide bonds. The van der Waals surface area contributed by atoms with Crippen LogP contribution in [0, 0.1) is 0 Å². The van der Waals surface area contributed by atoms with Crippen LogP contribution >= 0.6 is 0 Å². The molecule has 0 aromatic carbocycles. The SMILES string of the molecule is CC(=O)N(C)C1(C)CCOC1. The van der Waals surface area contributed by atoms with Crippen LogP contribution in [0.15, 0.2) is 0 Å². The van der Waals surface area contributed by atoms with Gasteiger partial charge in [0.15, 0.2) is 0 Å². The fourth-order valence-electron chi connectivity index (χ4n) is 1.30. The van der Waals surface area contributed by atoms with Gasteiger partial charge in [0.25, 0.3) is 0 Å². The lowest BCUT2D eigenvalue weighted by Crippen LogP contribution is -2.46. The lowest BCUT2D eigenvalue weighted by Gasteiger charge is -2.33. The number of amides is 1. The van der Waals surface area contributed by atoms with Gasteiger partial charge in [0.2, 0.25) is 5.91 Å². The molecule has 0 aliphatic carbocycles. The molecule has 1 aliphatic heterocycles. The number of nitrogens with zero attached hydrogens (tertiary/aromatic N) is 1. The van der Waals surface area contributed by atoms with Crippen molar-refractivity contribution >= 4 is 5.91 Å². The van der Waals surface area contributed by atoms with Crippen molar-refractivity contribution < 1.29 is 9.53 Å². The van der Waals surface area contributed by atoms with E-state index in [1.165, 1.54) is 0 Å². The van der Waals surface area contributed by atoms with Crippen molar-refractivity contribution in [2.75, 3.05) is 20.3 Å². The lowest BCUT2D eigenvalue weighted by molar-refractivity contribution is -0.132. The van der Waals surface area contributed by atoms with E-state index in [-0.39, 0.29) is 11.4 Å². The fraction of sp³-hybridized carbons (Fsp3) is 0.875. The summed E-state index contributed by atoms with van der Waals surface area (Å²) >= 11 is 0. The molecule has 0 aromatic rings. The number of carbonyl (C=O) groups is 1. The van der Waals surface area contributed by atoms with Crippen LogP contribution in [0.3, 0.4) is 0 Å². The van der Waals surface area contributed by atoms with Crippen LogP contribution in [0.1, 0.15) is 20.3 Å². The third kappa shape index (κ3) is 1.53. The Morgan fingerprint density at radius 2 is 2.27 bits per heavy atom. The van der Waals surface area contributed by atoms with E-state index in [0.717, 1.165) is 13.0 Å². The maximum absolute atomic E-state index is 11.0. The molecule has 0 radical (unpaired) electrons. The molecule has 1 fully saturated rings. The Hall–Kier alpha value is -0.570. The zero-order valence-corrected chi connectivity index (χ0v) is 7.39. The zero-order valence-electron chi connectivity index (χ0n) is 7.39. The van der Waals surface area contributed by atoms with Crippen molar-refractivity contribution in [3.8, 4) is 0 Å². The summed E-state index contributed by atoms with van der Waals surface area (Å²) in [5, 5.41) is 0. The highest BCUT2D eigenvalue weighted by atomic mass is 16.5. The van der Waals surface area contributed by atoms with E-state index in [1.54, 1.807) is 11.8 Å². The predicted molar refractivity (Wildman–Crippen MR) is 42.3 cm³/mol. The van der Waals surface area contributed by atoms with Crippen molar-refractivity contribution in [1.82, 2.24) is 4.90 Å². The highest BCUT2D eigenvalue weighted by Gasteiger charge is 2.35. The van der Waals surface area contributed by atoms with Gasteiger partial charge in [-0.3, -0.25) is 4.79 Å². The van der Waals surface area contributed by atoms with Gasteiger partial charge in [0, 0.05) is 20.6 Å². The first kappa shape index (κ1) is 8.53. The first-order valence-electron chi connectivity index (χ1n) is 3.88. The van der Waals surface area contributed by atoms with E-state index in [4.69, 9.17) is 4.74 Å². The lowest BCUT2D eigenvalue weighted by atomic mass is 10.00. The summed E-state index contributed by atoms with van der Waals surface area (Å²) in [6, 6.07) is 0. The number of ether oxygens (including phenoxy) is 1. The van der Waals surface area contributed by atoms with Gasteiger partial charge in [-0.15, -0.1) is 0 Å². The monoisotopic (exact) mass is 157 g/mol. The third-order valence-corrected chi connectivity index (χ3v) is 2.48. The minimum Gasteiger partial charge on any atom is -0.379 e. The van der Waals surface area contributed by atoms with Gasteiger partial charge in [0.1, 0.15) is 0 Å². The highest BCUT2D eigenvalue weighted by Crippen LogP contribution is 2.23. The van der Waals surface area contributed by atoms with Crippen molar-refractivity contribution in [3.63, 3.8) is 0 Å². The summed E-state index contributed by atoms with van der Waals surface area (Å²) in [6.45, 7) is 5.09. The van der Waals surface area contributed by atoms with Crippen molar-refractivity contribution in [1.29, 1.82) is 0 Å². The Morgan fingerprint density at radius 1 is 1.64 bits per heavy atom. The van der Waals surface area contributed by atoms with Crippen LogP contribution in [0.5, 0.6) is 0 Å². The van der Waals surface area contributed by atoms with Crippen molar-refractivity contribution in [3.05, 3.63) is 0 Å². The average molecular weight is 157 g/mol. The second-order valence-corrected chi connectivity index (χ2v) is 3.38. The maximum Gasteiger partial charge on any atom is 0.219 e. The van der Waals surface area contributed by atoms with Crippen LogP contribution in [0.25, 0.3) is 0 Å². The van der Waals surface area contributed by atoms with E-state index in [0.29, 0.717) is 6.61 Å². The predicted octanol–water partition coefficient (Wildman–Crippen LogP) is 0.644. The summed E-state index contributed by atoms with van der Waals surface area (Å²) in [6.07, 6.45) is 0.948. The number of rotatable bonds is 1. The second-order valence-electron chi connectivity index (χ2n) is 3.38. The normalized spacial score (nSPS) is 30.5. The van der Waals surface area contributed by atoms with Crippen molar-refractivity contribution in [2.24, 2.45) is 0 Å². The van der Waals surface area contributed by atoms with Gasteiger partial charge in [-0.05, 0) is 13.3 Å². The van der Waals surface area contributed by atoms with Gasteiger partial charge in [-0.25, -0.2) is 0 Å². The van der Waals surface area contributed by atoms with E-state index in [2.05, 4.69) is 6.92 Å². The molecule has 3 nitrogen and oxygen atoms in total. The largest absolute Gasteiger partial charge is 0.379 e. The second kappa shape index (κ2) is 2.81. The van der Waals surface area contributed by atoms with Crippen LogP contribution < -0.4 is 0 Å². The minimum atomic E-state index is -0.0637. The summed E-state index contributed by atoms with van der Waals surface area (Å²) in [4.78, 5) is 12.8. The molecule has 1 rings (SSSR count). The van der Waals surface area contributed by atoms with Gasteiger partial charge in [0.05, 0.1) is 12.1 Å². The van der Waals surface area contributed by atoms with Gasteiger partial charge < -0.3 is 9.64 Å². The Morgan fingerprint density at radius 3 is 2.64 bits per heavy atom. The number of carbonyl (C=O) groups excluding carboxylic acids is 1. The molecule has 0 N–H and O–H groups in total. The number of hydrogen-bond donors (Lipinski definition) is 0. The van der Waals surface area contributed by atoms with Gasteiger partial charge in [-0.1, -0.05) is 0 Å². The molecular weight excluding hydrogens is 142 g/mol. The molecule has 3 heteroatoms. The number of hydrogen-bond acceptors (Lipinski definition) is 2. The molecule has 0 bridgehead atoms. The smallest absolute Gasteiger partial charge is 0.219 e. The first-order chi connectivity index (χ1) is 5.06. The maximum atomic E-state index is 11.0. The molecule has 1 saturated heterocycles. The first-order valence-corrected chi connectivity index (χ1v) is 3.88. The van der Waals surface area contributed by atoms with Crippen LogP contribution in [-0.2, 0) is 9.53 Å². The molecule has 0 spiro atoms. The zero-order chi connectivity index (χ0) is 8.48. The summed E-state index contributed by atoms with van der Waals surface area (Å²) in [7, 11) is 1.83. The summed E-state index contributed by atoms with van der Waals surface area (Å²) in [5.41, 5.74) is -0.0637. The Kier molecular flexibility index (Phi) is 2.18. The third-order valence-electron chi connectivity index (χ3n) is 2.48. The Labute approximate surface area is 67.3 Å². The molecular formula is C8H15NO2. The van der Waals surface area contributed by atoms with Crippen LogP contribution in [-0.4, -0.2) is 36.6 Å². The molecule has 1 unspecified atom stereocenters. The molecule has 0 aromatic heterocycles. The quantitative estimate of drug-likeness (QED) is 0.559. The molecule has 0 saturated carbocycles. The molecule has 11 heavy (non-hydrogen) atoms. The molecule has 1 heterocycles. The highest BCUT2D eigenvalue weighted by molar-refractivity contribution is 5.73. The van der Waals surface area contributed by atoms with Crippen molar-refractivity contribution in [2.45, 2.75) is 25.8 Å². The Balaban J connectivity index is 2.63. The molecule has 64 valence electrons. The Bertz CT molecular complexity index is 161. The van der Waals surface area contributed by atoms with E-state index in [1.807, 2.05) is 7.05 Å². The number of likely N-dealkylation sites (N-methyl/N-ethyl adjacent to an activating group) is 1. The van der Waals surface area contributed by atoms with Gasteiger partial charge >= 0.3 is 0 Å². The standard InChI is InChI=1S/C8H15NO2/c1-7(10)9(3)8(2)4-5-11-6-8/h4-6H2,1-3H3. The average Bonchev–Trinajstić information content (AvgIpc) is 2.35. The van der Waals surface area contributed by atoms with E-state index in [9.17, 15) is 4.79 Å². The van der Waals surface area contributed by atoms with Crippen LogP contribution in [0.2, 0.25) is 0 Å². The summed E-state index contributed by atoms with van der Waals surface area (Å²) < 4.78 is 5.24. The van der Waals surface area contributed by atoms with Crippen LogP contribution in [0.4, 0.5) is 0 Å².